The maximum Gasteiger partial charge on any atom is 0.404 e. The summed E-state index contributed by atoms with van der Waals surface area (Å²) in [4.78, 5) is 27.9. The molecular formula is C29H34ClF3N2O3. The molecule has 1 aliphatic carbocycles. The molecule has 1 spiro atoms. The lowest BCUT2D eigenvalue weighted by atomic mass is 9.56. The van der Waals surface area contributed by atoms with Crippen LogP contribution in [-0.2, 0) is 4.79 Å². The summed E-state index contributed by atoms with van der Waals surface area (Å²) in [5.41, 5.74) is 0.576. The molecule has 2 aliphatic rings. The molecule has 0 bridgehead atoms. The maximum atomic E-state index is 13.8. The Hall–Kier alpha value is -2.74. The molecule has 2 aromatic rings. The fourth-order valence-corrected chi connectivity index (χ4v) is 6.09. The summed E-state index contributed by atoms with van der Waals surface area (Å²) in [6.07, 6.45) is 0.871. The van der Waals surface area contributed by atoms with Crippen LogP contribution in [0.1, 0.15) is 60.4 Å². The van der Waals surface area contributed by atoms with Crippen LogP contribution in [0.15, 0.2) is 48.5 Å². The predicted octanol–water partition coefficient (Wildman–Crippen LogP) is 6.57. The number of alkyl halides is 3. The number of ether oxygens (including phenoxy) is 1. The molecule has 2 fully saturated rings. The lowest BCUT2D eigenvalue weighted by molar-refractivity contribution is -0.174. The molecule has 1 saturated carbocycles. The first-order chi connectivity index (χ1) is 18.0. The monoisotopic (exact) mass is 550 g/mol. The Balaban J connectivity index is 1.19. The van der Waals surface area contributed by atoms with E-state index >= 15 is 0 Å². The highest BCUT2D eigenvalue weighted by Crippen LogP contribution is 2.54. The predicted molar refractivity (Wildman–Crippen MR) is 140 cm³/mol. The minimum atomic E-state index is -4.62. The Labute approximate surface area is 226 Å². The Kier molecular flexibility index (Phi) is 8.60. The Morgan fingerprint density at radius 2 is 1.76 bits per heavy atom. The van der Waals surface area contributed by atoms with Crippen molar-refractivity contribution < 1.29 is 27.5 Å². The number of nitrogens with zero attached hydrogens (tertiary/aromatic N) is 2. The molecule has 0 N–H and O–H groups in total. The number of carbonyl (C=O) groups is 2. The molecule has 1 heterocycles. The van der Waals surface area contributed by atoms with Crippen LogP contribution in [-0.4, -0.2) is 61.6 Å². The average Bonchev–Trinajstić information content (AvgIpc) is 2.85. The van der Waals surface area contributed by atoms with E-state index in [0.717, 1.165) is 38.5 Å². The van der Waals surface area contributed by atoms with Crippen molar-refractivity contribution in [3.63, 3.8) is 0 Å². The van der Waals surface area contributed by atoms with Gasteiger partial charge in [0.1, 0.15) is 5.75 Å². The summed E-state index contributed by atoms with van der Waals surface area (Å²) >= 11 is 6.24. The van der Waals surface area contributed by atoms with Gasteiger partial charge in [0.25, 0.3) is 5.91 Å². The molecule has 1 atom stereocenters. The molecule has 1 aliphatic heterocycles. The summed E-state index contributed by atoms with van der Waals surface area (Å²) in [5, 5.41) is 0.359. The van der Waals surface area contributed by atoms with E-state index < -0.39 is 18.0 Å². The fourth-order valence-electron chi connectivity index (χ4n) is 5.84. The first kappa shape index (κ1) is 28.3. The molecule has 38 heavy (non-hydrogen) atoms. The van der Waals surface area contributed by atoms with E-state index in [1.807, 2.05) is 0 Å². The summed E-state index contributed by atoms with van der Waals surface area (Å²) in [6.45, 7) is 1.30. The van der Waals surface area contributed by atoms with Gasteiger partial charge in [-0.15, -0.1) is 0 Å². The van der Waals surface area contributed by atoms with Crippen molar-refractivity contribution in [1.29, 1.82) is 0 Å². The van der Waals surface area contributed by atoms with Crippen LogP contribution in [0, 0.1) is 11.3 Å². The first-order valence-corrected chi connectivity index (χ1v) is 13.4. The van der Waals surface area contributed by atoms with Crippen LogP contribution in [0.4, 0.5) is 13.2 Å². The number of halogens is 4. The maximum absolute atomic E-state index is 13.8. The number of likely N-dealkylation sites (tertiary alicyclic amines) is 1. The second-order valence-corrected chi connectivity index (χ2v) is 11.2. The van der Waals surface area contributed by atoms with E-state index in [2.05, 4.69) is 0 Å². The molecule has 5 nitrogen and oxygen atoms in total. The second-order valence-electron chi connectivity index (χ2n) is 10.8. The molecule has 206 valence electrons. The number of hydrogen-bond acceptors (Lipinski definition) is 3. The largest absolute Gasteiger partial charge is 0.494 e. The quantitative estimate of drug-likeness (QED) is 0.349. The van der Waals surface area contributed by atoms with Crippen molar-refractivity contribution in [3.05, 3.63) is 64.7 Å². The van der Waals surface area contributed by atoms with E-state index in [-0.39, 0.29) is 16.9 Å². The summed E-state index contributed by atoms with van der Waals surface area (Å²) in [7, 11) is 3.34. The number of carbonyl (C=O) groups excluding carboxylic acids is 2. The van der Waals surface area contributed by atoms with Gasteiger partial charge < -0.3 is 14.5 Å². The van der Waals surface area contributed by atoms with Crippen molar-refractivity contribution in [2.24, 2.45) is 11.3 Å². The van der Waals surface area contributed by atoms with Gasteiger partial charge in [0.2, 0.25) is 5.91 Å². The number of hydrogen-bond donors (Lipinski definition) is 0. The number of rotatable bonds is 8. The van der Waals surface area contributed by atoms with E-state index in [4.69, 9.17) is 16.3 Å². The second kappa shape index (κ2) is 11.6. The van der Waals surface area contributed by atoms with Crippen molar-refractivity contribution in [1.82, 2.24) is 9.80 Å². The van der Waals surface area contributed by atoms with Crippen LogP contribution < -0.4 is 4.74 Å². The minimum absolute atomic E-state index is 0.00326. The first-order valence-electron chi connectivity index (χ1n) is 13.0. The molecule has 2 aromatic carbocycles. The van der Waals surface area contributed by atoms with E-state index in [1.165, 1.54) is 34.1 Å². The molecule has 4 rings (SSSR count). The normalized spacial score (nSPS) is 18.1. The van der Waals surface area contributed by atoms with E-state index in [1.54, 1.807) is 38.4 Å². The van der Waals surface area contributed by atoms with Gasteiger partial charge in [0.15, 0.2) is 5.92 Å². The number of piperidine rings is 1. The topological polar surface area (TPSA) is 49.9 Å². The minimum Gasteiger partial charge on any atom is -0.494 e. The molecule has 0 aromatic heterocycles. The van der Waals surface area contributed by atoms with Gasteiger partial charge in [-0.05, 0) is 73.6 Å². The Bertz CT molecular complexity index is 1120. The van der Waals surface area contributed by atoms with Gasteiger partial charge in [-0.25, -0.2) is 0 Å². The summed E-state index contributed by atoms with van der Waals surface area (Å²) in [5.74, 6) is -1.92. The summed E-state index contributed by atoms with van der Waals surface area (Å²) in [6, 6.07) is 12.5. The van der Waals surface area contributed by atoms with Crippen molar-refractivity contribution >= 4 is 23.4 Å². The highest BCUT2D eigenvalue weighted by Gasteiger charge is 2.50. The smallest absolute Gasteiger partial charge is 0.404 e. The van der Waals surface area contributed by atoms with Gasteiger partial charge in [-0.2, -0.15) is 13.2 Å². The zero-order valence-corrected chi connectivity index (χ0v) is 22.5. The van der Waals surface area contributed by atoms with Crippen LogP contribution >= 0.6 is 11.6 Å². The molecule has 1 saturated heterocycles. The van der Waals surface area contributed by atoms with Gasteiger partial charge >= 0.3 is 6.18 Å². The zero-order chi connectivity index (χ0) is 27.5. The van der Waals surface area contributed by atoms with Crippen LogP contribution in [0.2, 0.25) is 5.02 Å². The van der Waals surface area contributed by atoms with E-state index in [0.29, 0.717) is 41.9 Å². The molecule has 9 heteroatoms. The van der Waals surface area contributed by atoms with Crippen molar-refractivity contribution in [3.8, 4) is 5.75 Å². The lowest BCUT2D eigenvalue weighted by Crippen LogP contribution is -2.51. The third-order valence-electron chi connectivity index (χ3n) is 7.89. The summed E-state index contributed by atoms with van der Waals surface area (Å²) < 4.78 is 47.1. The Morgan fingerprint density at radius 1 is 1.11 bits per heavy atom. The molecule has 0 radical (unpaired) electrons. The average molecular weight is 551 g/mol. The van der Waals surface area contributed by atoms with Gasteiger partial charge in [0, 0.05) is 27.2 Å². The highest BCUT2D eigenvalue weighted by atomic mass is 35.5. The zero-order valence-electron chi connectivity index (χ0n) is 21.8. The van der Waals surface area contributed by atoms with Crippen LogP contribution in [0.5, 0.6) is 5.75 Å². The van der Waals surface area contributed by atoms with Gasteiger partial charge in [0.05, 0.1) is 17.2 Å². The van der Waals surface area contributed by atoms with Crippen LogP contribution in [0.25, 0.3) is 0 Å². The lowest BCUT2D eigenvalue weighted by Gasteiger charge is -2.52. The highest BCUT2D eigenvalue weighted by molar-refractivity contribution is 6.34. The third-order valence-corrected chi connectivity index (χ3v) is 8.20. The molecule has 1 unspecified atom stereocenters. The van der Waals surface area contributed by atoms with Gasteiger partial charge in [-0.1, -0.05) is 41.9 Å². The SMILES string of the molecule is CN(C)C(=O)c1ccc(OCCCC2CC3(CCN(C(=O)C(c4ccccc4)C(F)(F)F)CC3)C2)cc1Cl. The van der Waals surface area contributed by atoms with Crippen molar-refractivity contribution in [2.75, 3.05) is 33.8 Å². The number of benzene rings is 2. The van der Waals surface area contributed by atoms with Gasteiger partial charge in [-0.3, -0.25) is 9.59 Å². The third kappa shape index (κ3) is 6.45. The molecular weight excluding hydrogens is 517 g/mol. The standard InChI is InChI=1S/C29H34ClF3N2O3/c1-34(2)26(36)23-11-10-22(17-24(23)30)38-16-6-7-20-18-28(19-20)12-14-35(15-13-28)27(37)25(29(31,32)33)21-8-4-3-5-9-21/h3-5,8-11,17,20,25H,6-7,12-16,18-19H2,1-2H3. The number of amides is 2. The Morgan fingerprint density at radius 3 is 2.34 bits per heavy atom. The van der Waals surface area contributed by atoms with Crippen molar-refractivity contribution in [2.45, 2.75) is 50.6 Å². The fraction of sp³-hybridized carbons (Fsp3) is 0.517. The van der Waals surface area contributed by atoms with Crippen LogP contribution in [0.3, 0.4) is 0 Å². The molecule has 2 amide bonds. The van der Waals surface area contributed by atoms with E-state index in [9.17, 15) is 22.8 Å².